The summed E-state index contributed by atoms with van der Waals surface area (Å²) >= 11 is 0. The minimum absolute atomic E-state index is 0.163. The van der Waals surface area contributed by atoms with Crippen molar-refractivity contribution >= 4 is 89.5 Å². The molecule has 77 heavy (non-hydrogen) atoms. The molecule has 2 nitrogen and oxygen atoms in total. The molecule has 0 atom stereocenters. The standard InChI is InChI=1S/C75H52N2/c1-75(2)69-45-49(29-33-51-35-41-59(61-23-11-9-21-57(51)61)53-37-43-73-67(47-53)65-25-13-15-27-71(65)76(73)55-17-5-3-6-18-55)31-39-63(69)64-40-32-50(46-70(64)75)30-34-52-36-42-60(62-24-12-10-22-58(52)62)54-38-44-74-68(48-54)66-26-14-16-28-72(66)77(74)56-19-7-4-8-20-56/h3-48H,1-2H3/b33-29+,34-30+. The normalized spacial score (nSPS) is 13.1. The van der Waals surface area contributed by atoms with Gasteiger partial charge in [0, 0.05) is 38.3 Å². The number of rotatable bonds is 8. The maximum absolute atomic E-state index is 2.41. The molecule has 0 aliphatic heterocycles. The van der Waals surface area contributed by atoms with Crippen LogP contribution < -0.4 is 0 Å². The lowest BCUT2D eigenvalue weighted by Crippen LogP contribution is -2.15. The zero-order valence-electron chi connectivity index (χ0n) is 43.0. The Bertz CT molecular complexity index is 4450. The van der Waals surface area contributed by atoms with Gasteiger partial charge in [0.2, 0.25) is 0 Å². The minimum Gasteiger partial charge on any atom is -0.309 e. The highest BCUT2D eigenvalue weighted by atomic mass is 15.0. The molecule has 15 rings (SSSR count). The van der Waals surface area contributed by atoms with E-state index >= 15 is 0 Å². The van der Waals surface area contributed by atoms with Crippen LogP contribution in [0.4, 0.5) is 0 Å². The number of hydrogen-bond acceptors (Lipinski definition) is 0. The molecule has 0 fully saturated rings. The third-order valence-corrected chi connectivity index (χ3v) is 16.5. The number of para-hydroxylation sites is 4. The molecule has 0 spiro atoms. The Morgan fingerprint density at radius 2 is 0.636 bits per heavy atom. The molecule has 0 unspecified atom stereocenters. The van der Waals surface area contributed by atoms with Gasteiger partial charge in [0.25, 0.3) is 0 Å². The maximum atomic E-state index is 2.41. The van der Waals surface area contributed by atoms with Crippen molar-refractivity contribution in [2.45, 2.75) is 19.3 Å². The molecule has 12 aromatic carbocycles. The Hall–Kier alpha value is -9.76. The molecular weight excluding hydrogens is 929 g/mol. The van der Waals surface area contributed by atoms with Gasteiger partial charge in [-0.1, -0.05) is 232 Å². The van der Waals surface area contributed by atoms with Crippen LogP contribution in [-0.2, 0) is 5.41 Å². The Kier molecular flexibility index (Phi) is 10.3. The van der Waals surface area contributed by atoms with E-state index in [-0.39, 0.29) is 5.41 Å². The quantitative estimate of drug-likeness (QED) is 0.134. The summed E-state index contributed by atoms with van der Waals surface area (Å²) in [6.07, 6.45) is 9.17. The minimum atomic E-state index is -0.163. The highest BCUT2D eigenvalue weighted by molar-refractivity contribution is 6.13. The molecule has 0 radical (unpaired) electrons. The lowest BCUT2D eigenvalue weighted by atomic mass is 9.81. The van der Waals surface area contributed by atoms with Gasteiger partial charge in [-0.3, -0.25) is 0 Å². The van der Waals surface area contributed by atoms with Gasteiger partial charge in [0.1, 0.15) is 0 Å². The Balaban J connectivity index is 0.711. The van der Waals surface area contributed by atoms with Crippen LogP contribution in [0.2, 0.25) is 0 Å². The average Bonchev–Trinajstić information content (AvgIpc) is 4.11. The summed E-state index contributed by atoms with van der Waals surface area (Å²) in [6.45, 7) is 4.76. The van der Waals surface area contributed by atoms with Gasteiger partial charge in [-0.15, -0.1) is 0 Å². The number of hydrogen-bond donors (Lipinski definition) is 0. The summed E-state index contributed by atoms with van der Waals surface area (Å²) in [6, 6.07) is 93.7. The fourth-order valence-electron chi connectivity index (χ4n) is 12.8. The zero-order valence-corrected chi connectivity index (χ0v) is 43.0. The van der Waals surface area contributed by atoms with E-state index in [1.54, 1.807) is 0 Å². The van der Waals surface area contributed by atoms with Gasteiger partial charge in [-0.25, -0.2) is 0 Å². The van der Waals surface area contributed by atoms with Gasteiger partial charge >= 0.3 is 0 Å². The van der Waals surface area contributed by atoms with Gasteiger partial charge < -0.3 is 9.13 Å². The number of fused-ring (bicyclic) bond motifs is 11. The van der Waals surface area contributed by atoms with E-state index in [4.69, 9.17) is 0 Å². The first kappa shape index (κ1) is 44.7. The molecule has 0 saturated carbocycles. The first-order valence-electron chi connectivity index (χ1n) is 26.8. The summed E-state index contributed by atoms with van der Waals surface area (Å²) in [5.74, 6) is 0. The molecule has 0 saturated heterocycles. The SMILES string of the molecule is CC1(C)c2cc(/C=C/c3ccc(-c4ccc5c(c4)c4ccccc4n5-c4ccccc4)c4ccccc34)ccc2-c2ccc(/C=C/c3ccc(-c4ccc5c(c4)c4ccccc4n5-c4ccccc4)c4ccccc34)cc21. The lowest BCUT2D eigenvalue weighted by molar-refractivity contribution is 0.660. The predicted octanol–water partition coefficient (Wildman–Crippen LogP) is 20.2. The van der Waals surface area contributed by atoms with Crippen LogP contribution in [0.5, 0.6) is 0 Å². The summed E-state index contributed by atoms with van der Waals surface area (Å²) in [5.41, 5.74) is 22.1. The lowest BCUT2D eigenvalue weighted by Gasteiger charge is -2.22. The van der Waals surface area contributed by atoms with Crippen LogP contribution in [0.25, 0.3) is 134 Å². The van der Waals surface area contributed by atoms with Gasteiger partial charge in [-0.2, -0.15) is 0 Å². The van der Waals surface area contributed by atoms with Crippen LogP contribution >= 0.6 is 0 Å². The predicted molar refractivity (Wildman–Crippen MR) is 329 cm³/mol. The second-order valence-corrected chi connectivity index (χ2v) is 21.2. The van der Waals surface area contributed by atoms with E-state index < -0.39 is 0 Å². The smallest absolute Gasteiger partial charge is 0.0541 e. The second kappa shape index (κ2) is 17.7. The number of benzene rings is 12. The third kappa shape index (κ3) is 7.25. The van der Waals surface area contributed by atoms with Crippen LogP contribution in [0, 0.1) is 0 Å². The first-order chi connectivity index (χ1) is 37.9. The van der Waals surface area contributed by atoms with Gasteiger partial charge in [-0.05, 0) is 149 Å². The number of nitrogens with zero attached hydrogens (tertiary/aromatic N) is 2. The fraction of sp³-hybridized carbons (Fsp3) is 0.0400. The van der Waals surface area contributed by atoms with E-state index in [9.17, 15) is 0 Å². The van der Waals surface area contributed by atoms with E-state index in [1.165, 1.54) is 143 Å². The number of aromatic nitrogens is 2. The molecule has 0 N–H and O–H groups in total. The molecule has 1 aliphatic rings. The topological polar surface area (TPSA) is 9.86 Å². The molecule has 0 bridgehead atoms. The van der Waals surface area contributed by atoms with Crippen molar-refractivity contribution in [3.63, 3.8) is 0 Å². The Labute approximate surface area is 448 Å². The van der Waals surface area contributed by atoms with Crippen molar-refractivity contribution in [2.75, 3.05) is 0 Å². The van der Waals surface area contributed by atoms with Crippen molar-refractivity contribution in [2.24, 2.45) is 0 Å². The van der Waals surface area contributed by atoms with Gasteiger partial charge in [0.05, 0.1) is 22.1 Å². The Morgan fingerprint density at radius 1 is 0.273 bits per heavy atom. The summed E-state index contributed by atoms with van der Waals surface area (Å²) < 4.78 is 4.76. The van der Waals surface area contributed by atoms with Gasteiger partial charge in [0.15, 0.2) is 0 Å². The van der Waals surface area contributed by atoms with Crippen LogP contribution in [0.3, 0.4) is 0 Å². The highest BCUT2D eigenvalue weighted by Gasteiger charge is 2.35. The summed E-state index contributed by atoms with van der Waals surface area (Å²) in [4.78, 5) is 0. The van der Waals surface area contributed by atoms with E-state index in [2.05, 4.69) is 302 Å². The van der Waals surface area contributed by atoms with Crippen molar-refractivity contribution in [1.29, 1.82) is 0 Å². The molecule has 14 aromatic rings. The maximum Gasteiger partial charge on any atom is 0.0541 e. The van der Waals surface area contributed by atoms with E-state index in [1.807, 2.05) is 0 Å². The highest BCUT2D eigenvalue weighted by Crippen LogP contribution is 2.50. The first-order valence-corrected chi connectivity index (χ1v) is 26.8. The second-order valence-electron chi connectivity index (χ2n) is 21.2. The molecule has 362 valence electrons. The molecule has 2 aromatic heterocycles. The molecular formula is C75H52N2. The molecule has 2 heterocycles. The van der Waals surface area contributed by atoms with Crippen LogP contribution in [0.1, 0.15) is 47.2 Å². The fourth-order valence-corrected chi connectivity index (χ4v) is 12.8. The van der Waals surface area contributed by atoms with Crippen molar-refractivity contribution in [1.82, 2.24) is 9.13 Å². The van der Waals surface area contributed by atoms with Crippen molar-refractivity contribution in [3.05, 3.63) is 288 Å². The summed E-state index contributed by atoms with van der Waals surface area (Å²) in [7, 11) is 0. The van der Waals surface area contributed by atoms with Crippen molar-refractivity contribution in [3.8, 4) is 44.8 Å². The van der Waals surface area contributed by atoms with Crippen molar-refractivity contribution < 1.29 is 0 Å². The van der Waals surface area contributed by atoms with E-state index in [0.717, 1.165) is 0 Å². The Morgan fingerprint density at radius 3 is 1.08 bits per heavy atom. The third-order valence-electron chi connectivity index (χ3n) is 16.5. The zero-order chi connectivity index (χ0) is 51.2. The largest absolute Gasteiger partial charge is 0.309 e. The molecule has 0 amide bonds. The van der Waals surface area contributed by atoms with E-state index in [0.29, 0.717) is 0 Å². The monoisotopic (exact) mass is 980 g/mol. The average molecular weight is 981 g/mol. The molecule has 2 heteroatoms. The molecule has 1 aliphatic carbocycles. The van der Waals surface area contributed by atoms with Crippen LogP contribution in [-0.4, -0.2) is 9.13 Å². The summed E-state index contributed by atoms with van der Waals surface area (Å²) in [5, 5.41) is 10.0. The van der Waals surface area contributed by atoms with Crippen LogP contribution in [0.15, 0.2) is 255 Å².